The molecule has 3 heterocycles. The van der Waals surface area contributed by atoms with Crippen LogP contribution in [0.25, 0.3) is 11.3 Å². The van der Waals surface area contributed by atoms with Crippen molar-refractivity contribution in [2.75, 3.05) is 45.7 Å². The molecule has 49 heavy (non-hydrogen) atoms. The van der Waals surface area contributed by atoms with E-state index >= 15 is 0 Å². The Morgan fingerprint density at radius 2 is 1.67 bits per heavy atom. The molecule has 0 spiro atoms. The number of aryl methyl sites for hydroxylation is 1. The van der Waals surface area contributed by atoms with Crippen LogP contribution in [0.1, 0.15) is 93.1 Å². The monoisotopic (exact) mass is 669 g/mol. The van der Waals surface area contributed by atoms with Crippen molar-refractivity contribution in [2.45, 2.75) is 95.1 Å². The Morgan fingerprint density at radius 3 is 2.35 bits per heavy atom. The number of hydrogen-bond acceptors (Lipinski definition) is 8. The molecule has 1 aliphatic heterocycles. The lowest BCUT2D eigenvalue weighted by Gasteiger charge is -2.42. The van der Waals surface area contributed by atoms with E-state index in [0.717, 1.165) is 61.4 Å². The number of benzene rings is 1. The third kappa shape index (κ3) is 7.64. The summed E-state index contributed by atoms with van der Waals surface area (Å²) in [6.45, 7) is 4.17. The van der Waals surface area contributed by atoms with Crippen LogP contribution in [0.5, 0.6) is 5.75 Å². The molecular formula is C39H51N5O5. The van der Waals surface area contributed by atoms with Crippen molar-refractivity contribution in [3.63, 3.8) is 0 Å². The Hall–Kier alpha value is -3.92. The molecule has 0 bridgehead atoms. The van der Waals surface area contributed by atoms with Crippen molar-refractivity contribution in [3.8, 4) is 17.0 Å². The molecule has 3 aromatic rings. The highest BCUT2D eigenvalue weighted by molar-refractivity contribution is 5.94. The van der Waals surface area contributed by atoms with E-state index in [1.165, 1.54) is 11.1 Å². The second kappa shape index (κ2) is 14.5. The number of anilines is 1. The minimum Gasteiger partial charge on any atom is -0.496 e. The van der Waals surface area contributed by atoms with Crippen LogP contribution in [0.3, 0.4) is 0 Å². The predicted octanol–water partition coefficient (Wildman–Crippen LogP) is 7.18. The highest BCUT2D eigenvalue weighted by atomic mass is 16.6. The van der Waals surface area contributed by atoms with Crippen LogP contribution in [0, 0.1) is 18.8 Å². The molecule has 0 unspecified atom stereocenters. The van der Waals surface area contributed by atoms with Gasteiger partial charge in [-0.05, 0) is 126 Å². The Labute approximate surface area is 290 Å². The highest BCUT2D eigenvalue weighted by Crippen LogP contribution is 2.41. The maximum atomic E-state index is 14.4. The number of likely N-dealkylation sites (tertiary alicyclic amines) is 1. The summed E-state index contributed by atoms with van der Waals surface area (Å²) < 4.78 is 17.2. The Kier molecular flexibility index (Phi) is 9.94. The number of oxazole rings is 1. The number of ether oxygens (including phenoxy) is 2. The average Bonchev–Trinajstić information content (AvgIpc) is 3.82. The summed E-state index contributed by atoms with van der Waals surface area (Å²) in [5.74, 6) is 3.73. The molecular weight excluding hydrogens is 618 g/mol. The number of aromatic nitrogens is 2. The van der Waals surface area contributed by atoms with E-state index in [4.69, 9.17) is 23.9 Å². The minimum atomic E-state index is -0.228. The van der Waals surface area contributed by atoms with E-state index < -0.39 is 0 Å². The number of likely N-dealkylation sites (N-methyl/N-ethyl adjacent to an activating group) is 1. The van der Waals surface area contributed by atoms with E-state index in [-0.39, 0.29) is 24.0 Å². The maximum Gasteiger partial charge on any atom is 0.410 e. The summed E-state index contributed by atoms with van der Waals surface area (Å²) in [6, 6.07) is 10.9. The average molecular weight is 670 g/mol. The minimum absolute atomic E-state index is 0.123. The fourth-order valence-electron chi connectivity index (χ4n) is 7.85. The van der Waals surface area contributed by atoms with Gasteiger partial charge < -0.3 is 23.7 Å². The Balaban J connectivity index is 1.02. The summed E-state index contributed by atoms with van der Waals surface area (Å²) in [7, 11) is 5.79. The van der Waals surface area contributed by atoms with Crippen LogP contribution >= 0.6 is 0 Å². The van der Waals surface area contributed by atoms with Crippen LogP contribution in [0.4, 0.5) is 10.6 Å². The van der Waals surface area contributed by atoms with Crippen molar-refractivity contribution >= 4 is 17.8 Å². The van der Waals surface area contributed by atoms with Gasteiger partial charge >= 0.3 is 6.09 Å². The molecule has 1 aromatic carbocycles. The van der Waals surface area contributed by atoms with Crippen molar-refractivity contribution in [3.05, 3.63) is 59.8 Å². The molecule has 3 aliphatic carbocycles. The maximum absolute atomic E-state index is 14.4. The molecule has 10 heteroatoms. The lowest BCUT2D eigenvalue weighted by molar-refractivity contribution is -0.124. The van der Waals surface area contributed by atoms with Crippen molar-refractivity contribution in [1.29, 1.82) is 0 Å². The van der Waals surface area contributed by atoms with Crippen LogP contribution in [-0.4, -0.2) is 84.8 Å². The Bertz CT molecular complexity index is 1610. The van der Waals surface area contributed by atoms with Crippen LogP contribution in [0.15, 0.2) is 47.2 Å². The fraction of sp³-hybridized carbons (Fsp3) is 0.590. The largest absolute Gasteiger partial charge is 0.496 e. The molecule has 0 N–H and O–H groups in total. The van der Waals surface area contributed by atoms with Crippen molar-refractivity contribution in [1.82, 2.24) is 19.8 Å². The SMILES string of the molecule is COc1ccc(C2CCC(CN(C(=O)C3CCC(OC(=O)N4CC(N(C)C)C4)CC3)c3cc(-c4coc(C5CC5)n4)ccn3)CC2)cc1C. The number of methoxy groups -OCH3 is 1. The van der Waals surface area contributed by atoms with E-state index in [1.807, 2.05) is 31.1 Å². The summed E-state index contributed by atoms with van der Waals surface area (Å²) in [4.78, 5) is 42.5. The number of nitrogens with zero attached hydrogens (tertiary/aromatic N) is 5. The predicted molar refractivity (Wildman–Crippen MR) is 188 cm³/mol. The quantitative estimate of drug-likeness (QED) is 0.224. The first kappa shape index (κ1) is 33.6. The summed E-state index contributed by atoms with van der Waals surface area (Å²) in [5, 5.41) is 0. The van der Waals surface area contributed by atoms with Gasteiger partial charge in [0, 0.05) is 49.3 Å². The molecule has 0 radical (unpaired) electrons. The first-order valence-corrected chi connectivity index (χ1v) is 18.3. The molecule has 0 atom stereocenters. The van der Waals surface area contributed by atoms with Gasteiger partial charge in [0.15, 0.2) is 5.89 Å². The number of rotatable bonds is 10. The second-order valence-corrected chi connectivity index (χ2v) is 15.0. The first-order chi connectivity index (χ1) is 23.7. The summed E-state index contributed by atoms with van der Waals surface area (Å²) in [5.41, 5.74) is 4.25. The number of carbonyl (C=O) groups is 2. The lowest BCUT2D eigenvalue weighted by atomic mass is 9.78. The zero-order valence-corrected chi connectivity index (χ0v) is 29.5. The third-order valence-corrected chi connectivity index (χ3v) is 11.4. The van der Waals surface area contributed by atoms with Gasteiger partial charge in [0.05, 0.1) is 7.11 Å². The standard InChI is InChI=1S/C39H51N5O5/c1-25-19-30(13-16-35(25)47-4)27-7-5-26(6-8-27)21-44(36-20-31(17-18-40-36)34-24-48-37(41-34)28-9-10-28)38(45)29-11-14-33(15-12-29)49-39(46)43-22-32(23-43)42(2)3/h13,16-20,24,26-29,32-33H,5-12,14-15,21-23H2,1-4H3. The summed E-state index contributed by atoms with van der Waals surface area (Å²) >= 11 is 0. The van der Waals surface area contributed by atoms with Crippen LogP contribution in [0.2, 0.25) is 0 Å². The molecule has 10 nitrogen and oxygen atoms in total. The van der Waals surface area contributed by atoms with E-state index in [0.29, 0.717) is 74.9 Å². The van der Waals surface area contributed by atoms with Crippen LogP contribution < -0.4 is 9.64 Å². The van der Waals surface area contributed by atoms with Gasteiger partial charge in [-0.25, -0.2) is 14.8 Å². The molecule has 2 amide bonds. The highest BCUT2D eigenvalue weighted by Gasteiger charge is 2.37. The normalized spacial score (nSPS) is 24.4. The van der Waals surface area contributed by atoms with Gasteiger partial charge in [0.2, 0.25) is 5.91 Å². The number of pyridine rings is 1. The zero-order chi connectivity index (χ0) is 34.1. The van der Waals surface area contributed by atoms with Gasteiger partial charge in [0.1, 0.15) is 29.6 Å². The molecule has 3 saturated carbocycles. The molecule has 7 rings (SSSR count). The van der Waals surface area contributed by atoms with E-state index in [2.05, 4.69) is 30.0 Å². The number of hydrogen-bond donors (Lipinski definition) is 0. The molecule has 262 valence electrons. The van der Waals surface area contributed by atoms with Gasteiger partial charge in [-0.3, -0.25) is 9.69 Å². The van der Waals surface area contributed by atoms with Gasteiger partial charge in [-0.15, -0.1) is 0 Å². The second-order valence-electron chi connectivity index (χ2n) is 15.0. The third-order valence-electron chi connectivity index (χ3n) is 11.4. The van der Waals surface area contributed by atoms with Crippen molar-refractivity contribution in [2.24, 2.45) is 11.8 Å². The lowest BCUT2D eigenvalue weighted by Crippen LogP contribution is -2.59. The molecule has 4 fully saturated rings. The number of amides is 2. The van der Waals surface area contributed by atoms with E-state index in [9.17, 15) is 9.59 Å². The Morgan fingerprint density at radius 1 is 0.939 bits per heavy atom. The van der Waals surface area contributed by atoms with Crippen molar-refractivity contribution < 1.29 is 23.5 Å². The molecule has 2 aromatic heterocycles. The van der Waals surface area contributed by atoms with Crippen LogP contribution in [-0.2, 0) is 9.53 Å². The fourth-order valence-corrected chi connectivity index (χ4v) is 7.85. The smallest absolute Gasteiger partial charge is 0.410 e. The molecule has 4 aliphatic rings. The first-order valence-electron chi connectivity index (χ1n) is 18.3. The summed E-state index contributed by atoms with van der Waals surface area (Å²) in [6.07, 6.45) is 12.5. The zero-order valence-electron chi connectivity index (χ0n) is 29.5. The molecule has 1 saturated heterocycles. The van der Waals surface area contributed by atoms with E-state index in [1.54, 1.807) is 24.5 Å². The van der Waals surface area contributed by atoms with Gasteiger partial charge in [0.25, 0.3) is 0 Å². The number of carbonyl (C=O) groups excluding carboxylic acids is 2. The van der Waals surface area contributed by atoms with Gasteiger partial charge in [-0.2, -0.15) is 0 Å². The topological polar surface area (TPSA) is 101 Å². The van der Waals surface area contributed by atoms with Gasteiger partial charge in [-0.1, -0.05) is 12.1 Å².